The van der Waals surface area contributed by atoms with Crippen molar-refractivity contribution in [2.45, 2.75) is 39.5 Å². The molecular formula is C10H19Cl. The Balaban J connectivity index is 2.30. The number of halogens is 1. The van der Waals surface area contributed by atoms with Crippen molar-refractivity contribution in [3.63, 3.8) is 0 Å². The van der Waals surface area contributed by atoms with E-state index in [4.69, 9.17) is 11.6 Å². The van der Waals surface area contributed by atoms with Gasteiger partial charge in [0.05, 0.1) is 0 Å². The van der Waals surface area contributed by atoms with Gasteiger partial charge in [-0.05, 0) is 43.4 Å². The molecule has 0 amide bonds. The van der Waals surface area contributed by atoms with E-state index in [1.807, 2.05) is 0 Å². The SMILES string of the molecule is C[C@@H]1CC(CCCl)C[C@@H](C)C1. The molecular weight excluding hydrogens is 156 g/mol. The summed E-state index contributed by atoms with van der Waals surface area (Å²) >= 11 is 5.73. The van der Waals surface area contributed by atoms with Gasteiger partial charge >= 0.3 is 0 Å². The van der Waals surface area contributed by atoms with Crippen molar-refractivity contribution in [2.24, 2.45) is 17.8 Å². The minimum Gasteiger partial charge on any atom is -0.127 e. The zero-order chi connectivity index (χ0) is 8.27. The van der Waals surface area contributed by atoms with Gasteiger partial charge in [-0.3, -0.25) is 0 Å². The molecule has 0 aromatic heterocycles. The van der Waals surface area contributed by atoms with Crippen LogP contribution in [0.2, 0.25) is 0 Å². The molecule has 1 aliphatic rings. The highest BCUT2D eigenvalue weighted by molar-refractivity contribution is 6.17. The van der Waals surface area contributed by atoms with E-state index in [1.165, 1.54) is 25.7 Å². The quantitative estimate of drug-likeness (QED) is 0.561. The van der Waals surface area contributed by atoms with Gasteiger partial charge in [-0.2, -0.15) is 0 Å². The van der Waals surface area contributed by atoms with Crippen LogP contribution in [0.1, 0.15) is 39.5 Å². The van der Waals surface area contributed by atoms with Crippen LogP contribution in [0.5, 0.6) is 0 Å². The Morgan fingerprint density at radius 3 is 2.09 bits per heavy atom. The van der Waals surface area contributed by atoms with E-state index in [2.05, 4.69) is 13.8 Å². The van der Waals surface area contributed by atoms with Gasteiger partial charge in [-0.25, -0.2) is 0 Å². The fourth-order valence-corrected chi connectivity index (χ4v) is 2.81. The van der Waals surface area contributed by atoms with E-state index in [-0.39, 0.29) is 0 Å². The molecule has 0 nitrogen and oxygen atoms in total. The number of rotatable bonds is 2. The van der Waals surface area contributed by atoms with Gasteiger partial charge in [-0.15, -0.1) is 11.6 Å². The maximum Gasteiger partial charge on any atom is 0.0226 e. The Morgan fingerprint density at radius 2 is 1.64 bits per heavy atom. The van der Waals surface area contributed by atoms with E-state index >= 15 is 0 Å². The third-order valence-corrected chi connectivity index (χ3v) is 3.01. The van der Waals surface area contributed by atoms with E-state index in [1.54, 1.807) is 0 Å². The van der Waals surface area contributed by atoms with Crippen molar-refractivity contribution >= 4 is 11.6 Å². The topological polar surface area (TPSA) is 0 Å². The van der Waals surface area contributed by atoms with Crippen molar-refractivity contribution in [1.29, 1.82) is 0 Å². The minimum absolute atomic E-state index is 0.851. The van der Waals surface area contributed by atoms with Crippen molar-refractivity contribution in [3.8, 4) is 0 Å². The van der Waals surface area contributed by atoms with Crippen LogP contribution >= 0.6 is 11.6 Å². The third-order valence-electron chi connectivity index (χ3n) is 2.79. The average molecular weight is 175 g/mol. The molecule has 1 aliphatic carbocycles. The summed E-state index contributed by atoms with van der Waals surface area (Å²) in [4.78, 5) is 0. The fourth-order valence-electron chi connectivity index (χ4n) is 2.50. The van der Waals surface area contributed by atoms with Gasteiger partial charge in [0.25, 0.3) is 0 Å². The molecule has 11 heavy (non-hydrogen) atoms. The van der Waals surface area contributed by atoms with Crippen LogP contribution in [-0.2, 0) is 0 Å². The highest BCUT2D eigenvalue weighted by atomic mass is 35.5. The van der Waals surface area contributed by atoms with E-state index in [0.29, 0.717) is 0 Å². The molecule has 1 heteroatoms. The second-order valence-electron chi connectivity index (χ2n) is 4.26. The molecule has 0 spiro atoms. The highest BCUT2D eigenvalue weighted by Gasteiger charge is 2.22. The van der Waals surface area contributed by atoms with Crippen molar-refractivity contribution in [2.75, 3.05) is 5.88 Å². The summed E-state index contributed by atoms with van der Waals surface area (Å²) in [6.45, 7) is 4.74. The molecule has 0 aromatic carbocycles. The van der Waals surface area contributed by atoms with E-state index in [9.17, 15) is 0 Å². The zero-order valence-corrected chi connectivity index (χ0v) is 8.40. The van der Waals surface area contributed by atoms with Gasteiger partial charge < -0.3 is 0 Å². The lowest BCUT2D eigenvalue weighted by molar-refractivity contribution is 0.215. The highest BCUT2D eigenvalue weighted by Crippen LogP contribution is 2.34. The number of hydrogen-bond acceptors (Lipinski definition) is 0. The summed E-state index contributed by atoms with van der Waals surface area (Å²) in [5.41, 5.74) is 0. The minimum atomic E-state index is 0.851. The summed E-state index contributed by atoms with van der Waals surface area (Å²) in [6.07, 6.45) is 5.49. The van der Waals surface area contributed by atoms with Crippen molar-refractivity contribution in [3.05, 3.63) is 0 Å². The molecule has 0 unspecified atom stereocenters. The molecule has 1 fully saturated rings. The maximum absolute atomic E-state index is 5.73. The van der Waals surface area contributed by atoms with Crippen LogP contribution in [0.3, 0.4) is 0 Å². The van der Waals surface area contributed by atoms with Crippen molar-refractivity contribution in [1.82, 2.24) is 0 Å². The molecule has 0 saturated heterocycles. The van der Waals surface area contributed by atoms with Gasteiger partial charge in [0.15, 0.2) is 0 Å². The first kappa shape index (κ1) is 9.38. The second-order valence-corrected chi connectivity index (χ2v) is 4.64. The molecule has 1 rings (SSSR count). The van der Waals surface area contributed by atoms with Crippen LogP contribution in [0.15, 0.2) is 0 Å². The molecule has 0 heterocycles. The van der Waals surface area contributed by atoms with Crippen LogP contribution in [0.25, 0.3) is 0 Å². The lowest BCUT2D eigenvalue weighted by Crippen LogP contribution is -2.19. The first-order valence-electron chi connectivity index (χ1n) is 4.78. The van der Waals surface area contributed by atoms with Gasteiger partial charge in [-0.1, -0.05) is 13.8 Å². The average Bonchev–Trinajstić information content (AvgIpc) is 1.85. The monoisotopic (exact) mass is 174 g/mol. The number of alkyl halides is 1. The molecule has 0 aromatic rings. The summed E-state index contributed by atoms with van der Waals surface area (Å²) in [6, 6.07) is 0. The Kier molecular flexibility index (Phi) is 3.71. The number of hydrogen-bond donors (Lipinski definition) is 0. The largest absolute Gasteiger partial charge is 0.127 e. The summed E-state index contributed by atoms with van der Waals surface area (Å²) in [5, 5.41) is 0. The second kappa shape index (κ2) is 4.35. The standard InChI is InChI=1S/C10H19Cl/c1-8-5-9(2)7-10(6-8)3-4-11/h8-10H,3-7H2,1-2H3/t8-,9-/m0/s1. The lowest BCUT2D eigenvalue weighted by Gasteiger charge is -2.30. The van der Waals surface area contributed by atoms with Gasteiger partial charge in [0, 0.05) is 5.88 Å². The van der Waals surface area contributed by atoms with Crippen LogP contribution in [0, 0.1) is 17.8 Å². The Morgan fingerprint density at radius 1 is 1.09 bits per heavy atom. The Bertz CT molecular complexity index is 101. The van der Waals surface area contributed by atoms with E-state index < -0.39 is 0 Å². The Labute approximate surface area is 75.3 Å². The molecule has 66 valence electrons. The molecule has 0 N–H and O–H groups in total. The third kappa shape index (κ3) is 3.02. The first-order chi connectivity index (χ1) is 5.22. The predicted octanol–water partition coefficient (Wildman–Crippen LogP) is 3.69. The van der Waals surface area contributed by atoms with Crippen LogP contribution in [0.4, 0.5) is 0 Å². The summed E-state index contributed by atoms with van der Waals surface area (Å²) in [7, 11) is 0. The van der Waals surface area contributed by atoms with Gasteiger partial charge in [0.1, 0.15) is 0 Å². The fraction of sp³-hybridized carbons (Fsp3) is 1.00. The predicted molar refractivity (Wildman–Crippen MR) is 51.0 cm³/mol. The lowest BCUT2D eigenvalue weighted by atomic mass is 9.76. The van der Waals surface area contributed by atoms with Crippen molar-refractivity contribution < 1.29 is 0 Å². The van der Waals surface area contributed by atoms with E-state index in [0.717, 1.165) is 23.6 Å². The zero-order valence-electron chi connectivity index (χ0n) is 7.65. The molecule has 0 radical (unpaired) electrons. The summed E-state index contributed by atoms with van der Waals surface area (Å²) < 4.78 is 0. The summed E-state index contributed by atoms with van der Waals surface area (Å²) in [5.74, 6) is 3.65. The Hall–Kier alpha value is 0.290. The smallest absolute Gasteiger partial charge is 0.0226 e. The molecule has 2 atom stereocenters. The molecule has 0 aliphatic heterocycles. The normalized spacial score (nSPS) is 39.0. The van der Waals surface area contributed by atoms with Gasteiger partial charge in [0.2, 0.25) is 0 Å². The first-order valence-corrected chi connectivity index (χ1v) is 5.31. The maximum atomic E-state index is 5.73. The molecule has 0 bridgehead atoms. The molecule has 1 saturated carbocycles. The van der Waals surface area contributed by atoms with Crippen LogP contribution in [-0.4, -0.2) is 5.88 Å². The van der Waals surface area contributed by atoms with Crippen LogP contribution < -0.4 is 0 Å².